The van der Waals surface area contributed by atoms with Gasteiger partial charge in [0.15, 0.2) is 0 Å². The molecule has 3 rings (SSSR count). The average Bonchev–Trinajstić information content (AvgIpc) is 3.02. The second kappa shape index (κ2) is 6.81. The normalized spacial score (nSPS) is 10.5. The molecular weight excluding hydrogens is 337 g/mol. The highest BCUT2D eigenvalue weighted by Crippen LogP contribution is 2.24. The number of amides is 1. The zero-order valence-corrected chi connectivity index (χ0v) is 13.3. The predicted octanol–water partition coefficient (Wildman–Crippen LogP) is 3.97. The molecule has 0 radical (unpaired) electrons. The Hall–Kier alpha value is -2.37. The van der Waals surface area contributed by atoms with Gasteiger partial charge in [0, 0.05) is 5.56 Å². The van der Waals surface area contributed by atoms with E-state index in [1.807, 2.05) is 30.3 Å². The minimum Gasteiger partial charge on any atom is -0.343 e. The Kier molecular flexibility index (Phi) is 4.60. The molecule has 0 aliphatic heterocycles. The maximum absolute atomic E-state index is 12.2. The molecule has 7 heteroatoms. The number of hydrogen-bond donors (Lipinski definition) is 1. The fourth-order valence-corrected chi connectivity index (χ4v) is 2.56. The minimum absolute atomic E-state index is 0.0836. The lowest BCUT2D eigenvalue weighted by Crippen LogP contribution is -2.23. The summed E-state index contributed by atoms with van der Waals surface area (Å²) >= 11 is 12.0. The van der Waals surface area contributed by atoms with Crippen LogP contribution in [0.3, 0.4) is 0 Å². The summed E-state index contributed by atoms with van der Waals surface area (Å²) in [5.74, 6) is 0.353. The molecule has 0 fully saturated rings. The van der Waals surface area contributed by atoms with Crippen molar-refractivity contribution in [3.8, 4) is 11.4 Å². The fraction of sp³-hybridized carbons (Fsp3) is 0.0625. The van der Waals surface area contributed by atoms with Gasteiger partial charge in [0.05, 0.1) is 22.2 Å². The van der Waals surface area contributed by atoms with E-state index in [-0.39, 0.29) is 22.2 Å². The van der Waals surface area contributed by atoms with Gasteiger partial charge in [0.25, 0.3) is 5.91 Å². The quantitative estimate of drug-likeness (QED) is 0.775. The van der Waals surface area contributed by atoms with Crippen molar-refractivity contribution in [2.45, 2.75) is 6.54 Å². The first-order valence-corrected chi connectivity index (χ1v) is 7.51. The second-order valence-electron chi connectivity index (χ2n) is 4.66. The molecule has 0 aliphatic carbocycles. The fourth-order valence-electron chi connectivity index (χ4n) is 1.99. The lowest BCUT2D eigenvalue weighted by atomic mass is 10.2. The van der Waals surface area contributed by atoms with Gasteiger partial charge < -0.3 is 9.84 Å². The van der Waals surface area contributed by atoms with Crippen molar-refractivity contribution in [3.05, 3.63) is 70.0 Å². The molecule has 0 spiro atoms. The summed E-state index contributed by atoms with van der Waals surface area (Å²) < 4.78 is 5.12. The third-order valence-electron chi connectivity index (χ3n) is 3.09. The summed E-state index contributed by atoms with van der Waals surface area (Å²) in [7, 11) is 0. The monoisotopic (exact) mass is 347 g/mol. The first-order chi connectivity index (χ1) is 11.1. The first kappa shape index (κ1) is 15.5. The highest BCUT2D eigenvalue weighted by atomic mass is 35.5. The van der Waals surface area contributed by atoms with E-state index in [4.69, 9.17) is 27.7 Å². The van der Waals surface area contributed by atoms with Gasteiger partial charge in [0.2, 0.25) is 11.7 Å². The molecule has 0 aliphatic rings. The number of carbonyl (C=O) groups excluding carboxylic acids is 1. The summed E-state index contributed by atoms with van der Waals surface area (Å²) in [4.78, 5) is 16.4. The Balaban J connectivity index is 1.70. The molecule has 2 aromatic carbocycles. The van der Waals surface area contributed by atoms with Crippen LogP contribution in [0.5, 0.6) is 0 Å². The van der Waals surface area contributed by atoms with Crippen molar-refractivity contribution in [1.29, 1.82) is 0 Å². The lowest BCUT2D eigenvalue weighted by molar-refractivity contribution is 0.0946. The summed E-state index contributed by atoms with van der Waals surface area (Å²) in [6.07, 6.45) is 0. The number of benzene rings is 2. The zero-order chi connectivity index (χ0) is 16.2. The van der Waals surface area contributed by atoms with Crippen molar-refractivity contribution in [2.75, 3.05) is 0 Å². The van der Waals surface area contributed by atoms with E-state index in [9.17, 15) is 4.79 Å². The summed E-state index contributed by atoms with van der Waals surface area (Å²) in [6.45, 7) is 0.0836. The van der Waals surface area contributed by atoms with Gasteiger partial charge in [-0.25, -0.2) is 0 Å². The van der Waals surface area contributed by atoms with Crippen LogP contribution in [0.25, 0.3) is 11.4 Å². The maximum Gasteiger partial charge on any atom is 0.254 e. The molecular formula is C16H11Cl2N3O2. The molecule has 0 saturated carbocycles. The van der Waals surface area contributed by atoms with E-state index >= 15 is 0 Å². The summed E-state index contributed by atoms with van der Waals surface area (Å²) in [5.41, 5.74) is 1.06. The first-order valence-electron chi connectivity index (χ1n) is 6.75. The SMILES string of the molecule is O=C(NCc1nc(-c2ccccc2)no1)c1c(Cl)cccc1Cl. The van der Waals surface area contributed by atoms with Gasteiger partial charge in [-0.05, 0) is 12.1 Å². The highest BCUT2D eigenvalue weighted by Gasteiger charge is 2.15. The molecule has 0 atom stereocenters. The molecule has 116 valence electrons. The van der Waals surface area contributed by atoms with E-state index in [0.29, 0.717) is 11.7 Å². The van der Waals surface area contributed by atoms with E-state index in [1.165, 1.54) is 0 Å². The number of halogens is 2. The molecule has 1 N–H and O–H groups in total. The largest absolute Gasteiger partial charge is 0.343 e. The van der Waals surface area contributed by atoms with Crippen LogP contribution in [0.2, 0.25) is 10.0 Å². The van der Waals surface area contributed by atoms with Crippen LogP contribution in [-0.2, 0) is 6.54 Å². The van der Waals surface area contributed by atoms with E-state index in [0.717, 1.165) is 5.56 Å². The molecule has 1 heterocycles. The molecule has 0 unspecified atom stereocenters. The number of nitrogens with zero attached hydrogens (tertiary/aromatic N) is 2. The molecule has 23 heavy (non-hydrogen) atoms. The number of carbonyl (C=O) groups is 1. The van der Waals surface area contributed by atoms with Crippen LogP contribution < -0.4 is 5.32 Å². The van der Waals surface area contributed by atoms with Crippen LogP contribution in [-0.4, -0.2) is 16.0 Å². The van der Waals surface area contributed by atoms with Crippen LogP contribution in [0, 0.1) is 0 Å². The molecule has 0 bridgehead atoms. The van der Waals surface area contributed by atoms with Crippen molar-refractivity contribution >= 4 is 29.1 Å². The van der Waals surface area contributed by atoms with Crippen molar-refractivity contribution < 1.29 is 9.32 Å². The molecule has 5 nitrogen and oxygen atoms in total. The van der Waals surface area contributed by atoms with Crippen LogP contribution in [0.4, 0.5) is 0 Å². The van der Waals surface area contributed by atoms with Gasteiger partial charge in [-0.1, -0.05) is 64.8 Å². The number of nitrogens with one attached hydrogen (secondary N) is 1. The number of rotatable bonds is 4. The van der Waals surface area contributed by atoms with E-state index in [1.54, 1.807) is 18.2 Å². The highest BCUT2D eigenvalue weighted by molar-refractivity contribution is 6.39. The van der Waals surface area contributed by atoms with Gasteiger partial charge >= 0.3 is 0 Å². The van der Waals surface area contributed by atoms with E-state index in [2.05, 4.69) is 15.5 Å². The van der Waals surface area contributed by atoms with E-state index < -0.39 is 5.91 Å². The Morgan fingerprint density at radius 2 is 1.74 bits per heavy atom. The van der Waals surface area contributed by atoms with Gasteiger partial charge in [-0.3, -0.25) is 4.79 Å². The van der Waals surface area contributed by atoms with Gasteiger partial charge in [0.1, 0.15) is 0 Å². The summed E-state index contributed by atoms with van der Waals surface area (Å²) in [6, 6.07) is 14.3. The Bertz CT molecular complexity index is 814. The Labute approximate surface area is 142 Å². The van der Waals surface area contributed by atoms with Crippen molar-refractivity contribution in [3.63, 3.8) is 0 Å². The predicted molar refractivity (Wildman–Crippen MR) is 87.4 cm³/mol. The van der Waals surface area contributed by atoms with Gasteiger partial charge in [-0.2, -0.15) is 4.98 Å². The molecule has 3 aromatic rings. The maximum atomic E-state index is 12.2. The van der Waals surface area contributed by atoms with Crippen LogP contribution >= 0.6 is 23.2 Å². The lowest BCUT2D eigenvalue weighted by Gasteiger charge is -2.06. The topological polar surface area (TPSA) is 68.0 Å². The van der Waals surface area contributed by atoms with Gasteiger partial charge in [-0.15, -0.1) is 0 Å². The number of aromatic nitrogens is 2. The molecule has 1 amide bonds. The third-order valence-corrected chi connectivity index (χ3v) is 3.72. The van der Waals surface area contributed by atoms with Crippen LogP contribution in [0.1, 0.15) is 16.2 Å². The third kappa shape index (κ3) is 3.52. The van der Waals surface area contributed by atoms with Crippen LogP contribution in [0.15, 0.2) is 53.1 Å². The van der Waals surface area contributed by atoms with Crippen molar-refractivity contribution in [2.24, 2.45) is 0 Å². The summed E-state index contributed by atoms with van der Waals surface area (Å²) in [5, 5.41) is 7.11. The Morgan fingerprint density at radius 3 is 2.43 bits per heavy atom. The average molecular weight is 348 g/mol. The Morgan fingerprint density at radius 1 is 1.04 bits per heavy atom. The molecule has 0 saturated heterocycles. The van der Waals surface area contributed by atoms with Crippen molar-refractivity contribution in [1.82, 2.24) is 15.5 Å². The zero-order valence-electron chi connectivity index (χ0n) is 11.8. The minimum atomic E-state index is -0.403. The molecule has 1 aromatic heterocycles. The smallest absolute Gasteiger partial charge is 0.254 e. The second-order valence-corrected chi connectivity index (χ2v) is 5.47. The standard InChI is InChI=1S/C16H11Cl2N3O2/c17-11-7-4-8-12(18)14(11)16(22)19-9-13-20-15(21-23-13)10-5-2-1-3-6-10/h1-8H,9H2,(H,19,22). The number of hydrogen-bond acceptors (Lipinski definition) is 4.